The van der Waals surface area contributed by atoms with Gasteiger partial charge in [-0.05, 0) is 67.4 Å². The summed E-state index contributed by atoms with van der Waals surface area (Å²) in [4.78, 5) is 12.6. The number of rotatable bonds is 4. The molecule has 1 amide bonds. The zero-order chi connectivity index (χ0) is 16.7. The van der Waals surface area contributed by atoms with Crippen LogP contribution in [0.1, 0.15) is 40.6 Å². The molecule has 0 unspecified atom stereocenters. The van der Waals surface area contributed by atoms with Crippen LogP contribution in [0.25, 0.3) is 5.69 Å². The molecule has 1 N–H and O–H groups in total. The lowest BCUT2D eigenvalue weighted by Gasteiger charge is -2.09. The highest BCUT2D eigenvalue weighted by molar-refractivity contribution is 6.05. The summed E-state index contributed by atoms with van der Waals surface area (Å²) < 4.78 is 3.84. The Morgan fingerprint density at radius 3 is 2.58 bits per heavy atom. The Bertz CT molecular complexity index is 875. The summed E-state index contributed by atoms with van der Waals surface area (Å²) in [6.07, 6.45) is 3.94. The van der Waals surface area contributed by atoms with E-state index in [1.807, 2.05) is 37.3 Å². The molecule has 7 heteroatoms. The summed E-state index contributed by atoms with van der Waals surface area (Å²) in [7, 11) is 0. The van der Waals surface area contributed by atoms with Crippen LogP contribution in [0.3, 0.4) is 0 Å². The van der Waals surface area contributed by atoms with Crippen LogP contribution in [0.2, 0.25) is 0 Å². The Balaban J connectivity index is 1.53. The number of carbonyl (C=O) groups excluding carboxylic acids is 1. The number of benzene rings is 1. The van der Waals surface area contributed by atoms with E-state index in [9.17, 15) is 4.79 Å². The number of carbonyl (C=O) groups is 1. The predicted molar refractivity (Wildman–Crippen MR) is 89.3 cm³/mol. The predicted octanol–water partition coefficient (Wildman–Crippen LogP) is 2.67. The quantitative estimate of drug-likeness (QED) is 0.801. The molecule has 0 aliphatic heterocycles. The van der Waals surface area contributed by atoms with E-state index in [2.05, 4.69) is 32.3 Å². The lowest BCUT2D eigenvalue weighted by atomic mass is 10.2. The first-order valence-electron chi connectivity index (χ1n) is 7.96. The molecule has 1 fully saturated rings. The average Bonchev–Trinajstić information content (AvgIpc) is 3.15. The minimum absolute atomic E-state index is 0.0785. The van der Waals surface area contributed by atoms with Gasteiger partial charge in [-0.15, -0.1) is 5.10 Å². The van der Waals surface area contributed by atoms with Crippen molar-refractivity contribution in [1.29, 1.82) is 0 Å². The SMILES string of the molecule is Cc1cc(C(=O)Nc2ccc(-n3cnnn3)cc2)c(C)n1C1CC1. The topological polar surface area (TPSA) is 77.6 Å². The van der Waals surface area contributed by atoms with Gasteiger partial charge in [-0.2, -0.15) is 0 Å². The Morgan fingerprint density at radius 1 is 1.21 bits per heavy atom. The van der Waals surface area contributed by atoms with Crippen molar-refractivity contribution in [1.82, 2.24) is 24.8 Å². The van der Waals surface area contributed by atoms with E-state index in [0.29, 0.717) is 6.04 Å². The maximum absolute atomic E-state index is 12.6. The normalized spacial score (nSPS) is 13.9. The number of tetrazole rings is 1. The highest BCUT2D eigenvalue weighted by Gasteiger charge is 2.28. The maximum Gasteiger partial charge on any atom is 0.257 e. The zero-order valence-electron chi connectivity index (χ0n) is 13.6. The molecule has 7 nitrogen and oxygen atoms in total. The molecule has 0 radical (unpaired) electrons. The van der Waals surface area contributed by atoms with Gasteiger partial charge in [-0.25, -0.2) is 4.68 Å². The van der Waals surface area contributed by atoms with E-state index in [4.69, 9.17) is 0 Å². The molecular weight excluding hydrogens is 304 g/mol. The number of amides is 1. The van der Waals surface area contributed by atoms with Crippen LogP contribution in [0, 0.1) is 13.8 Å². The molecule has 3 aromatic rings. The van der Waals surface area contributed by atoms with E-state index < -0.39 is 0 Å². The van der Waals surface area contributed by atoms with E-state index in [0.717, 1.165) is 28.3 Å². The molecular formula is C17H18N6O. The molecule has 122 valence electrons. The Labute approximate surface area is 139 Å². The molecule has 1 saturated carbocycles. The van der Waals surface area contributed by atoms with Gasteiger partial charge in [0.1, 0.15) is 6.33 Å². The third-order valence-electron chi connectivity index (χ3n) is 4.38. The smallest absolute Gasteiger partial charge is 0.257 e. The lowest BCUT2D eigenvalue weighted by Crippen LogP contribution is -2.13. The van der Waals surface area contributed by atoms with Crippen LogP contribution in [-0.4, -0.2) is 30.7 Å². The molecule has 2 heterocycles. The number of aromatic nitrogens is 5. The number of aryl methyl sites for hydroxylation is 1. The summed E-state index contributed by atoms with van der Waals surface area (Å²) in [6, 6.07) is 9.95. The van der Waals surface area contributed by atoms with Crippen LogP contribution < -0.4 is 5.32 Å². The van der Waals surface area contributed by atoms with Crippen LogP contribution in [0.15, 0.2) is 36.7 Å². The van der Waals surface area contributed by atoms with Gasteiger partial charge in [-0.1, -0.05) is 0 Å². The largest absolute Gasteiger partial charge is 0.345 e. The Morgan fingerprint density at radius 2 is 1.96 bits per heavy atom. The van der Waals surface area contributed by atoms with E-state index >= 15 is 0 Å². The summed E-state index contributed by atoms with van der Waals surface area (Å²) in [6.45, 7) is 4.07. The summed E-state index contributed by atoms with van der Waals surface area (Å²) in [5, 5.41) is 14.0. The van der Waals surface area contributed by atoms with Crippen molar-refractivity contribution in [3.8, 4) is 5.69 Å². The lowest BCUT2D eigenvalue weighted by molar-refractivity contribution is 0.102. The summed E-state index contributed by atoms with van der Waals surface area (Å²) in [5.74, 6) is -0.0785. The molecule has 2 aromatic heterocycles. The van der Waals surface area contributed by atoms with Crippen molar-refractivity contribution in [3.05, 3.63) is 53.6 Å². The van der Waals surface area contributed by atoms with E-state index in [1.165, 1.54) is 19.2 Å². The molecule has 4 rings (SSSR count). The van der Waals surface area contributed by atoms with Gasteiger partial charge >= 0.3 is 0 Å². The van der Waals surface area contributed by atoms with Crippen LogP contribution in [0.5, 0.6) is 0 Å². The minimum atomic E-state index is -0.0785. The first-order valence-corrected chi connectivity index (χ1v) is 7.96. The van der Waals surface area contributed by atoms with Crippen LogP contribution >= 0.6 is 0 Å². The van der Waals surface area contributed by atoms with Gasteiger partial charge in [0.25, 0.3) is 5.91 Å². The van der Waals surface area contributed by atoms with Gasteiger partial charge in [0.15, 0.2) is 0 Å². The fourth-order valence-electron chi connectivity index (χ4n) is 3.08. The molecule has 1 aliphatic rings. The van der Waals surface area contributed by atoms with Crippen molar-refractivity contribution in [2.45, 2.75) is 32.7 Å². The number of nitrogens with zero attached hydrogens (tertiary/aromatic N) is 5. The minimum Gasteiger partial charge on any atom is -0.345 e. The average molecular weight is 322 g/mol. The number of anilines is 1. The van der Waals surface area contributed by atoms with E-state index in [1.54, 1.807) is 4.68 Å². The van der Waals surface area contributed by atoms with Gasteiger partial charge in [-0.3, -0.25) is 4.79 Å². The maximum atomic E-state index is 12.6. The second-order valence-electron chi connectivity index (χ2n) is 6.14. The second kappa shape index (κ2) is 5.59. The fraction of sp³-hybridized carbons (Fsp3) is 0.294. The standard InChI is InChI=1S/C17H18N6O/c1-11-9-16(12(2)23(11)15-7-8-15)17(24)19-13-3-5-14(6-4-13)22-10-18-20-21-22/h3-6,9-10,15H,7-8H2,1-2H3,(H,19,24). The highest BCUT2D eigenvalue weighted by Crippen LogP contribution is 2.38. The van der Waals surface area contributed by atoms with Crippen molar-refractivity contribution < 1.29 is 4.79 Å². The highest BCUT2D eigenvalue weighted by atomic mass is 16.1. The first-order chi connectivity index (χ1) is 11.6. The van der Waals surface area contributed by atoms with Crippen molar-refractivity contribution >= 4 is 11.6 Å². The van der Waals surface area contributed by atoms with Gasteiger partial charge < -0.3 is 9.88 Å². The molecule has 24 heavy (non-hydrogen) atoms. The molecule has 0 atom stereocenters. The fourth-order valence-corrected chi connectivity index (χ4v) is 3.08. The first kappa shape index (κ1) is 14.6. The molecule has 1 aromatic carbocycles. The van der Waals surface area contributed by atoms with E-state index in [-0.39, 0.29) is 5.91 Å². The number of hydrogen-bond acceptors (Lipinski definition) is 4. The second-order valence-corrected chi connectivity index (χ2v) is 6.14. The molecule has 0 bridgehead atoms. The molecule has 1 aliphatic carbocycles. The third kappa shape index (κ3) is 2.58. The van der Waals surface area contributed by atoms with Crippen LogP contribution in [-0.2, 0) is 0 Å². The Kier molecular flexibility index (Phi) is 3.41. The molecule has 0 saturated heterocycles. The molecule has 0 spiro atoms. The number of nitrogens with one attached hydrogen (secondary N) is 1. The Hall–Kier alpha value is -2.96. The number of hydrogen-bond donors (Lipinski definition) is 1. The van der Waals surface area contributed by atoms with Gasteiger partial charge in [0.2, 0.25) is 0 Å². The van der Waals surface area contributed by atoms with Crippen molar-refractivity contribution in [2.24, 2.45) is 0 Å². The van der Waals surface area contributed by atoms with Crippen LogP contribution in [0.4, 0.5) is 5.69 Å². The van der Waals surface area contributed by atoms with Gasteiger partial charge in [0, 0.05) is 23.1 Å². The van der Waals surface area contributed by atoms with Crippen molar-refractivity contribution in [3.63, 3.8) is 0 Å². The summed E-state index contributed by atoms with van der Waals surface area (Å²) >= 11 is 0. The zero-order valence-corrected chi connectivity index (χ0v) is 13.6. The summed E-state index contributed by atoms with van der Waals surface area (Å²) in [5.41, 5.74) is 4.51. The van der Waals surface area contributed by atoms with Crippen molar-refractivity contribution in [2.75, 3.05) is 5.32 Å². The van der Waals surface area contributed by atoms with Gasteiger partial charge in [0.05, 0.1) is 11.3 Å². The monoisotopic (exact) mass is 322 g/mol. The third-order valence-corrected chi connectivity index (χ3v) is 4.38.